The summed E-state index contributed by atoms with van der Waals surface area (Å²) in [6.45, 7) is 3.97. The second-order valence-electron chi connectivity index (χ2n) is 5.41. The van der Waals surface area contributed by atoms with E-state index in [9.17, 15) is 4.79 Å². The average molecular weight is 396 g/mol. The van der Waals surface area contributed by atoms with Crippen LogP contribution in [0.5, 0.6) is 11.5 Å². The molecular formula is C18H19Cl2N3O3. The summed E-state index contributed by atoms with van der Waals surface area (Å²) in [5.74, 6) is 0.502. The number of hydrogen-bond acceptors (Lipinski definition) is 5. The third-order valence-electron chi connectivity index (χ3n) is 3.53. The minimum Gasteiger partial charge on any atom is -0.493 e. The number of hydrazone groups is 1. The van der Waals surface area contributed by atoms with Gasteiger partial charge in [0.1, 0.15) is 5.15 Å². The molecule has 138 valence electrons. The van der Waals surface area contributed by atoms with Gasteiger partial charge < -0.3 is 9.47 Å². The third-order valence-corrected chi connectivity index (χ3v) is 4.11. The Balaban J connectivity index is 2.14. The van der Waals surface area contributed by atoms with E-state index >= 15 is 0 Å². The fraction of sp³-hybridized carbons (Fsp3) is 0.278. The monoisotopic (exact) mass is 395 g/mol. The zero-order chi connectivity index (χ0) is 19.1. The normalized spacial score (nSPS) is 12.0. The Morgan fingerprint density at radius 2 is 2.19 bits per heavy atom. The van der Waals surface area contributed by atoms with Gasteiger partial charge in [-0.25, -0.2) is 10.4 Å². The zero-order valence-corrected chi connectivity index (χ0v) is 16.1. The first-order valence-corrected chi connectivity index (χ1v) is 8.70. The molecule has 0 aliphatic heterocycles. The number of amides is 1. The summed E-state index contributed by atoms with van der Waals surface area (Å²) in [6.07, 6.45) is 3.79. The summed E-state index contributed by atoms with van der Waals surface area (Å²) in [7, 11) is 1.53. The second-order valence-corrected chi connectivity index (χ2v) is 6.18. The van der Waals surface area contributed by atoms with Crippen LogP contribution in [-0.4, -0.2) is 30.3 Å². The Hall–Kier alpha value is -2.31. The van der Waals surface area contributed by atoms with Crippen molar-refractivity contribution in [1.29, 1.82) is 0 Å². The Labute approximate surface area is 162 Å². The second kappa shape index (κ2) is 9.40. The summed E-state index contributed by atoms with van der Waals surface area (Å²) < 4.78 is 11.1. The topological polar surface area (TPSA) is 72.8 Å². The van der Waals surface area contributed by atoms with Crippen molar-refractivity contribution in [2.24, 2.45) is 5.10 Å². The number of carbonyl (C=O) groups is 1. The molecule has 26 heavy (non-hydrogen) atoms. The minimum absolute atomic E-state index is 0.00411. The first kappa shape index (κ1) is 20.0. The van der Waals surface area contributed by atoms with E-state index in [4.69, 9.17) is 32.7 Å². The molecule has 0 aliphatic carbocycles. The van der Waals surface area contributed by atoms with Crippen LogP contribution in [0.25, 0.3) is 0 Å². The first-order chi connectivity index (χ1) is 12.5. The number of rotatable bonds is 7. The van der Waals surface area contributed by atoms with Crippen molar-refractivity contribution in [1.82, 2.24) is 10.4 Å². The number of aromatic nitrogens is 1. The molecule has 1 N–H and O–H groups in total. The maximum Gasteiger partial charge on any atom is 0.274 e. The molecule has 1 heterocycles. The van der Waals surface area contributed by atoms with Gasteiger partial charge >= 0.3 is 0 Å². The Morgan fingerprint density at radius 1 is 1.42 bits per heavy atom. The quantitative estimate of drug-likeness (QED) is 0.429. The number of nitrogens with one attached hydrogen (secondary N) is 1. The number of hydrogen-bond donors (Lipinski definition) is 1. The van der Waals surface area contributed by atoms with Crippen molar-refractivity contribution in [2.45, 2.75) is 26.4 Å². The summed E-state index contributed by atoms with van der Waals surface area (Å²) in [5, 5.41) is 4.42. The molecule has 1 aromatic heterocycles. The maximum absolute atomic E-state index is 12.0. The molecule has 2 rings (SSSR count). The van der Waals surface area contributed by atoms with Gasteiger partial charge in [-0.3, -0.25) is 4.79 Å². The molecule has 0 aliphatic rings. The fourth-order valence-electron chi connectivity index (χ4n) is 1.99. The molecule has 1 atom stereocenters. The highest BCUT2D eigenvalue weighted by atomic mass is 35.5. The van der Waals surface area contributed by atoms with E-state index in [-0.39, 0.29) is 16.8 Å². The number of benzene rings is 1. The van der Waals surface area contributed by atoms with Crippen molar-refractivity contribution < 1.29 is 14.3 Å². The molecule has 0 spiro atoms. The first-order valence-electron chi connectivity index (χ1n) is 7.94. The van der Waals surface area contributed by atoms with Gasteiger partial charge in [0.15, 0.2) is 11.5 Å². The van der Waals surface area contributed by atoms with Crippen molar-refractivity contribution in [3.8, 4) is 11.5 Å². The van der Waals surface area contributed by atoms with E-state index < -0.39 is 5.91 Å². The highest BCUT2D eigenvalue weighted by Crippen LogP contribution is 2.37. The summed E-state index contributed by atoms with van der Waals surface area (Å²) >= 11 is 12.2. The van der Waals surface area contributed by atoms with Crippen LogP contribution in [0.4, 0.5) is 0 Å². The standard InChI is InChI=1S/C18H19Cl2N3O3/c1-4-11(2)26-16-14(19)8-12(9-15(16)25-3)10-22-23-18(24)13-6-5-7-21-17(13)20/h5-11H,4H2,1-3H3,(H,23,24). The lowest BCUT2D eigenvalue weighted by Crippen LogP contribution is -2.18. The molecule has 1 unspecified atom stereocenters. The van der Waals surface area contributed by atoms with Gasteiger partial charge in [-0.15, -0.1) is 0 Å². The molecule has 2 aromatic rings. The number of methoxy groups -OCH3 is 1. The molecule has 8 heteroatoms. The van der Waals surface area contributed by atoms with Gasteiger partial charge in [0.05, 0.1) is 30.0 Å². The van der Waals surface area contributed by atoms with Crippen LogP contribution in [0.1, 0.15) is 36.2 Å². The molecule has 1 amide bonds. The molecule has 6 nitrogen and oxygen atoms in total. The van der Waals surface area contributed by atoms with E-state index in [1.807, 2.05) is 13.8 Å². The minimum atomic E-state index is -0.464. The fourth-order valence-corrected chi connectivity index (χ4v) is 2.46. The lowest BCUT2D eigenvalue weighted by atomic mass is 10.2. The van der Waals surface area contributed by atoms with Crippen LogP contribution < -0.4 is 14.9 Å². The van der Waals surface area contributed by atoms with Gasteiger partial charge in [-0.2, -0.15) is 5.10 Å². The van der Waals surface area contributed by atoms with Crippen molar-refractivity contribution in [3.63, 3.8) is 0 Å². The van der Waals surface area contributed by atoms with Crippen molar-refractivity contribution >= 4 is 35.3 Å². The van der Waals surface area contributed by atoms with Gasteiger partial charge in [-0.05, 0) is 43.2 Å². The van der Waals surface area contributed by atoms with Crippen molar-refractivity contribution in [3.05, 3.63) is 51.8 Å². The van der Waals surface area contributed by atoms with Gasteiger partial charge in [-0.1, -0.05) is 30.1 Å². The predicted octanol–water partition coefficient (Wildman–Crippen LogP) is 4.34. The van der Waals surface area contributed by atoms with Crippen LogP contribution in [-0.2, 0) is 0 Å². The van der Waals surface area contributed by atoms with E-state index in [0.29, 0.717) is 22.1 Å². The lowest BCUT2D eigenvalue weighted by molar-refractivity contribution is 0.0955. The summed E-state index contributed by atoms with van der Waals surface area (Å²) in [5.41, 5.74) is 3.27. The molecule has 0 saturated heterocycles. The predicted molar refractivity (Wildman–Crippen MR) is 103 cm³/mol. The van der Waals surface area contributed by atoms with E-state index in [0.717, 1.165) is 6.42 Å². The molecule has 0 saturated carbocycles. The number of carbonyl (C=O) groups excluding carboxylic acids is 1. The Bertz CT molecular complexity index is 812. The zero-order valence-electron chi connectivity index (χ0n) is 14.6. The number of nitrogens with zero attached hydrogens (tertiary/aromatic N) is 2. The number of ether oxygens (including phenoxy) is 2. The van der Waals surface area contributed by atoms with Crippen LogP contribution in [0.2, 0.25) is 10.2 Å². The van der Waals surface area contributed by atoms with E-state index in [2.05, 4.69) is 15.5 Å². The molecule has 0 bridgehead atoms. The third kappa shape index (κ3) is 5.09. The Kier molecular flexibility index (Phi) is 7.24. The van der Waals surface area contributed by atoms with Gasteiger partial charge in [0.25, 0.3) is 5.91 Å². The van der Waals surface area contributed by atoms with Crippen LogP contribution in [0.15, 0.2) is 35.6 Å². The summed E-state index contributed by atoms with van der Waals surface area (Å²) in [4.78, 5) is 15.9. The van der Waals surface area contributed by atoms with Crippen LogP contribution in [0, 0.1) is 0 Å². The number of halogens is 2. The SMILES string of the molecule is CCC(C)Oc1c(Cl)cc(C=NNC(=O)c2cccnc2Cl)cc1OC. The van der Waals surface area contributed by atoms with Crippen molar-refractivity contribution in [2.75, 3.05) is 7.11 Å². The molecule has 0 radical (unpaired) electrons. The molecule has 0 fully saturated rings. The largest absolute Gasteiger partial charge is 0.493 e. The van der Waals surface area contributed by atoms with E-state index in [1.165, 1.54) is 19.5 Å². The van der Waals surface area contributed by atoms with E-state index in [1.54, 1.807) is 24.3 Å². The molecular weight excluding hydrogens is 377 g/mol. The number of pyridine rings is 1. The Morgan fingerprint density at radius 3 is 2.85 bits per heavy atom. The van der Waals surface area contributed by atoms with Gasteiger partial charge in [0, 0.05) is 6.20 Å². The lowest BCUT2D eigenvalue weighted by Gasteiger charge is -2.17. The van der Waals surface area contributed by atoms with Gasteiger partial charge in [0.2, 0.25) is 0 Å². The van der Waals surface area contributed by atoms with Crippen LogP contribution in [0.3, 0.4) is 0 Å². The maximum atomic E-state index is 12.0. The molecule has 1 aromatic carbocycles. The highest BCUT2D eigenvalue weighted by molar-refractivity contribution is 6.33. The smallest absolute Gasteiger partial charge is 0.274 e. The average Bonchev–Trinajstić information content (AvgIpc) is 2.63. The highest BCUT2D eigenvalue weighted by Gasteiger charge is 2.14. The van der Waals surface area contributed by atoms with Crippen LogP contribution >= 0.6 is 23.2 Å². The summed E-state index contributed by atoms with van der Waals surface area (Å²) in [6, 6.07) is 6.57.